The van der Waals surface area contributed by atoms with E-state index in [9.17, 15) is 4.39 Å². The number of rotatable bonds is 9. The maximum Gasteiger partial charge on any atom is 0.161 e. The summed E-state index contributed by atoms with van der Waals surface area (Å²) in [6.45, 7) is 5.51. The van der Waals surface area contributed by atoms with E-state index in [-0.39, 0.29) is 0 Å². The maximum absolute atomic E-state index is 13.3. The van der Waals surface area contributed by atoms with E-state index in [1.807, 2.05) is 66.6 Å². The predicted octanol–water partition coefficient (Wildman–Crippen LogP) is 4.45. The number of hydrogen-bond donors (Lipinski definition) is 2. The number of anilines is 3. The zero-order valence-corrected chi connectivity index (χ0v) is 19.0. The molecule has 0 fully saturated rings. The fourth-order valence-corrected chi connectivity index (χ4v) is 3.84. The quantitative estimate of drug-likeness (QED) is 0.359. The SMILES string of the molecule is C=Nc1ccc(-n2cccn2)nc1N(Cc1cccnc1N)c1ccc(C(N)CF)c(CC)c1. The molecule has 3 aromatic heterocycles. The first-order valence-electron chi connectivity index (χ1n) is 10.9. The average Bonchev–Trinajstić information content (AvgIpc) is 3.42. The smallest absolute Gasteiger partial charge is 0.161 e. The molecular formula is C25H27FN8. The lowest BCUT2D eigenvalue weighted by molar-refractivity contribution is 0.436. The molecule has 3 heterocycles. The molecule has 34 heavy (non-hydrogen) atoms. The minimum atomic E-state index is -0.668. The van der Waals surface area contributed by atoms with Gasteiger partial charge in [0.25, 0.3) is 0 Å². The molecule has 9 heteroatoms. The fourth-order valence-electron chi connectivity index (χ4n) is 3.84. The minimum absolute atomic E-state index is 0.384. The van der Waals surface area contributed by atoms with Crippen molar-refractivity contribution in [2.45, 2.75) is 25.9 Å². The molecule has 174 valence electrons. The second-order valence-corrected chi connectivity index (χ2v) is 7.75. The van der Waals surface area contributed by atoms with Crippen molar-refractivity contribution in [1.82, 2.24) is 19.7 Å². The topological polar surface area (TPSA) is 111 Å². The zero-order chi connectivity index (χ0) is 24.1. The lowest BCUT2D eigenvalue weighted by Crippen LogP contribution is -2.21. The maximum atomic E-state index is 13.3. The number of aryl methyl sites for hydroxylation is 1. The summed E-state index contributed by atoms with van der Waals surface area (Å²) < 4.78 is 15.0. The van der Waals surface area contributed by atoms with Gasteiger partial charge in [0.1, 0.15) is 18.2 Å². The minimum Gasteiger partial charge on any atom is -0.383 e. The van der Waals surface area contributed by atoms with Gasteiger partial charge in [0.2, 0.25) is 0 Å². The van der Waals surface area contributed by atoms with Gasteiger partial charge in [-0.15, -0.1) is 0 Å². The normalized spacial score (nSPS) is 11.9. The molecule has 0 saturated heterocycles. The number of aliphatic imine (C=N–C) groups is 1. The van der Waals surface area contributed by atoms with E-state index in [0.29, 0.717) is 36.1 Å². The molecule has 0 aliphatic carbocycles. The second-order valence-electron chi connectivity index (χ2n) is 7.75. The number of halogens is 1. The van der Waals surface area contributed by atoms with E-state index in [1.165, 1.54) is 0 Å². The number of nitrogen functional groups attached to an aromatic ring is 1. The molecule has 4 rings (SSSR count). The number of hydrogen-bond acceptors (Lipinski definition) is 7. The Morgan fingerprint density at radius 3 is 2.68 bits per heavy atom. The van der Waals surface area contributed by atoms with Gasteiger partial charge in [0.05, 0.1) is 12.6 Å². The van der Waals surface area contributed by atoms with Gasteiger partial charge in [-0.05, 0) is 60.7 Å². The van der Waals surface area contributed by atoms with Crippen LogP contribution in [-0.2, 0) is 13.0 Å². The van der Waals surface area contributed by atoms with Crippen molar-refractivity contribution in [3.8, 4) is 5.82 Å². The van der Waals surface area contributed by atoms with Crippen LogP contribution in [0.25, 0.3) is 5.82 Å². The van der Waals surface area contributed by atoms with E-state index in [0.717, 1.165) is 22.4 Å². The molecule has 0 bridgehead atoms. The number of nitrogens with zero attached hydrogens (tertiary/aromatic N) is 6. The molecule has 0 amide bonds. The Labute approximate surface area is 197 Å². The Hall–Kier alpha value is -4.11. The fraction of sp³-hybridized carbons (Fsp3) is 0.200. The summed E-state index contributed by atoms with van der Waals surface area (Å²) in [7, 11) is 0. The lowest BCUT2D eigenvalue weighted by Gasteiger charge is -2.27. The van der Waals surface area contributed by atoms with Crippen molar-refractivity contribution < 1.29 is 4.39 Å². The highest BCUT2D eigenvalue weighted by atomic mass is 19.1. The summed E-state index contributed by atoms with van der Waals surface area (Å²) in [5, 5.41) is 4.29. The van der Waals surface area contributed by atoms with Crippen LogP contribution in [0.5, 0.6) is 0 Å². The third-order valence-electron chi connectivity index (χ3n) is 5.64. The third kappa shape index (κ3) is 4.65. The van der Waals surface area contributed by atoms with E-state index in [4.69, 9.17) is 16.5 Å². The van der Waals surface area contributed by atoms with Crippen molar-refractivity contribution in [3.63, 3.8) is 0 Å². The molecule has 0 spiro atoms. The molecule has 0 aliphatic heterocycles. The van der Waals surface area contributed by atoms with E-state index < -0.39 is 12.7 Å². The molecule has 4 N–H and O–H groups in total. The Morgan fingerprint density at radius 1 is 1.15 bits per heavy atom. The highest BCUT2D eigenvalue weighted by Crippen LogP contribution is 2.36. The van der Waals surface area contributed by atoms with Crippen LogP contribution in [0.4, 0.5) is 27.4 Å². The number of nitrogens with two attached hydrogens (primary N) is 2. The van der Waals surface area contributed by atoms with Crippen LogP contribution in [0.1, 0.15) is 29.7 Å². The van der Waals surface area contributed by atoms with E-state index in [1.54, 1.807) is 17.1 Å². The highest BCUT2D eigenvalue weighted by Gasteiger charge is 2.20. The first kappa shape index (κ1) is 23.1. The van der Waals surface area contributed by atoms with Crippen LogP contribution in [0, 0.1) is 0 Å². The average molecular weight is 459 g/mol. The molecule has 1 unspecified atom stereocenters. The molecule has 0 saturated carbocycles. The molecular weight excluding hydrogens is 431 g/mol. The molecule has 4 aromatic rings. The third-order valence-corrected chi connectivity index (χ3v) is 5.64. The standard InChI is InChI=1S/C25H27FN8/c1-3-17-14-19(7-8-20(17)21(27)15-26)33(16-18-6-4-11-30-24(18)28)25-22(29-2)9-10-23(32-25)34-13-5-12-31-34/h4-14,21H,2-3,15-16,27H2,1H3,(H2,28,30). The Balaban J connectivity index is 1.88. The van der Waals surface area contributed by atoms with Crippen LogP contribution in [0.15, 0.2) is 72.1 Å². The predicted molar refractivity (Wildman–Crippen MR) is 134 cm³/mol. The van der Waals surface area contributed by atoms with Gasteiger partial charge in [0.15, 0.2) is 11.6 Å². The summed E-state index contributed by atoms with van der Waals surface area (Å²) in [6, 6.07) is 14.4. The first-order chi connectivity index (χ1) is 16.5. The van der Waals surface area contributed by atoms with Crippen LogP contribution in [0.3, 0.4) is 0 Å². The lowest BCUT2D eigenvalue weighted by atomic mass is 9.98. The molecule has 0 radical (unpaired) electrons. The van der Waals surface area contributed by atoms with Crippen LogP contribution < -0.4 is 16.4 Å². The van der Waals surface area contributed by atoms with Crippen molar-refractivity contribution in [2.75, 3.05) is 17.3 Å². The van der Waals surface area contributed by atoms with Gasteiger partial charge in [0, 0.05) is 29.8 Å². The van der Waals surface area contributed by atoms with Crippen LogP contribution in [0.2, 0.25) is 0 Å². The summed E-state index contributed by atoms with van der Waals surface area (Å²) in [6.07, 6.45) is 5.86. The van der Waals surface area contributed by atoms with Crippen LogP contribution >= 0.6 is 0 Å². The second kappa shape index (κ2) is 10.2. The number of benzene rings is 1. The van der Waals surface area contributed by atoms with Crippen LogP contribution in [-0.4, -0.2) is 33.1 Å². The molecule has 1 aromatic carbocycles. The summed E-state index contributed by atoms with van der Waals surface area (Å²) >= 11 is 0. The van der Waals surface area contributed by atoms with Gasteiger partial charge in [-0.25, -0.2) is 19.0 Å². The summed E-state index contributed by atoms with van der Waals surface area (Å²) in [5.41, 5.74) is 16.2. The van der Waals surface area contributed by atoms with Crippen molar-refractivity contribution in [3.05, 3.63) is 83.8 Å². The molecule has 1 atom stereocenters. The van der Waals surface area contributed by atoms with Gasteiger partial charge < -0.3 is 16.4 Å². The first-order valence-corrected chi connectivity index (χ1v) is 10.9. The largest absolute Gasteiger partial charge is 0.383 e. The van der Waals surface area contributed by atoms with E-state index in [2.05, 4.69) is 21.8 Å². The summed E-state index contributed by atoms with van der Waals surface area (Å²) in [4.78, 5) is 15.3. The Bertz CT molecular complexity index is 1270. The van der Waals surface area contributed by atoms with Crippen molar-refractivity contribution in [1.29, 1.82) is 0 Å². The van der Waals surface area contributed by atoms with Crippen molar-refractivity contribution in [2.24, 2.45) is 10.7 Å². The van der Waals surface area contributed by atoms with Gasteiger partial charge in [-0.3, -0.25) is 4.99 Å². The number of aromatic nitrogens is 4. The van der Waals surface area contributed by atoms with Crippen molar-refractivity contribution >= 4 is 29.7 Å². The van der Waals surface area contributed by atoms with E-state index >= 15 is 0 Å². The zero-order valence-electron chi connectivity index (χ0n) is 19.0. The number of pyridine rings is 2. The summed E-state index contributed by atoms with van der Waals surface area (Å²) in [5.74, 6) is 1.63. The van der Waals surface area contributed by atoms with Gasteiger partial charge in [-0.2, -0.15) is 5.10 Å². The Morgan fingerprint density at radius 2 is 2.00 bits per heavy atom. The number of alkyl halides is 1. The Kier molecular flexibility index (Phi) is 6.93. The monoisotopic (exact) mass is 458 g/mol. The highest BCUT2D eigenvalue weighted by molar-refractivity contribution is 5.74. The molecule has 0 aliphatic rings. The molecule has 8 nitrogen and oxygen atoms in total. The van der Waals surface area contributed by atoms with Gasteiger partial charge >= 0.3 is 0 Å². The van der Waals surface area contributed by atoms with Gasteiger partial charge in [-0.1, -0.05) is 19.1 Å².